The Bertz CT molecular complexity index is 505. The minimum absolute atomic E-state index is 0. The largest absolute Gasteiger partial charge is 0.493 e. The molecule has 5 nitrogen and oxygen atoms in total. The highest BCUT2D eigenvalue weighted by Gasteiger charge is 2.30. The van der Waals surface area contributed by atoms with Crippen molar-refractivity contribution >= 4 is 12.4 Å². The van der Waals surface area contributed by atoms with Gasteiger partial charge in [-0.3, -0.25) is 0 Å². The van der Waals surface area contributed by atoms with Crippen molar-refractivity contribution in [3.05, 3.63) is 17.7 Å². The smallest absolute Gasteiger partial charge is 0.231 e. The first kappa shape index (κ1) is 17.2. The zero-order chi connectivity index (χ0) is 14.8. The summed E-state index contributed by atoms with van der Waals surface area (Å²) in [4.78, 5) is 0. The Hall–Kier alpha value is -1.17. The molecule has 0 unspecified atom stereocenters. The molecule has 124 valence electrons. The average molecular weight is 330 g/mol. The first-order valence-corrected chi connectivity index (χ1v) is 7.62. The van der Waals surface area contributed by atoms with Gasteiger partial charge in [0.2, 0.25) is 12.5 Å². The number of nitrogens with two attached hydrogens (primary N) is 1. The molecule has 2 aliphatic rings. The van der Waals surface area contributed by atoms with Crippen LogP contribution in [0.15, 0.2) is 12.1 Å². The molecule has 3 rings (SSSR count). The minimum Gasteiger partial charge on any atom is -0.493 e. The number of methoxy groups -OCH3 is 1. The van der Waals surface area contributed by atoms with Gasteiger partial charge in [0.05, 0.1) is 19.3 Å². The quantitative estimate of drug-likeness (QED) is 0.888. The summed E-state index contributed by atoms with van der Waals surface area (Å²) in [5.41, 5.74) is 7.11. The molecular weight excluding hydrogens is 306 g/mol. The van der Waals surface area contributed by atoms with Gasteiger partial charge in [-0.1, -0.05) is 19.3 Å². The highest BCUT2D eigenvalue weighted by atomic mass is 35.5. The Morgan fingerprint density at radius 1 is 1.23 bits per heavy atom. The van der Waals surface area contributed by atoms with Gasteiger partial charge in [-0.2, -0.15) is 0 Å². The fraction of sp³-hybridized carbons (Fsp3) is 0.625. The number of benzene rings is 1. The zero-order valence-electron chi connectivity index (χ0n) is 12.8. The van der Waals surface area contributed by atoms with E-state index in [9.17, 15) is 5.11 Å². The molecule has 1 aliphatic heterocycles. The molecule has 1 aliphatic carbocycles. The SMILES string of the molecule is COc1cc([C@H](N)[C@H](O)C2CCCCC2)cc2c1OCO2.Cl. The van der Waals surface area contributed by atoms with Crippen LogP contribution in [0.3, 0.4) is 0 Å². The number of halogens is 1. The normalized spacial score (nSPS) is 20.1. The van der Waals surface area contributed by atoms with Crippen LogP contribution in [-0.4, -0.2) is 25.1 Å². The van der Waals surface area contributed by atoms with Crippen LogP contribution >= 0.6 is 12.4 Å². The Morgan fingerprint density at radius 3 is 2.64 bits per heavy atom. The number of aliphatic hydroxyl groups is 1. The molecule has 1 aromatic rings. The molecule has 3 N–H and O–H groups in total. The van der Waals surface area contributed by atoms with Gasteiger partial charge in [0.25, 0.3) is 0 Å². The first-order chi connectivity index (χ1) is 10.2. The van der Waals surface area contributed by atoms with Crippen molar-refractivity contribution in [3.8, 4) is 17.2 Å². The van der Waals surface area contributed by atoms with Gasteiger partial charge in [0.1, 0.15) is 0 Å². The summed E-state index contributed by atoms with van der Waals surface area (Å²) < 4.78 is 16.1. The molecule has 1 heterocycles. The number of fused-ring (bicyclic) bond motifs is 1. The van der Waals surface area contributed by atoms with Crippen LogP contribution in [0.25, 0.3) is 0 Å². The lowest BCUT2D eigenvalue weighted by Crippen LogP contribution is -2.34. The van der Waals surface area contributed by atoms with Gasteiger partial charge in [0.15, 0.2) is 11.5 Å². The molecule has 0 amide bonds. The lowest BCUT2D eigenvalue weighted by Gasteiger charge is -2.30. The number of hydrogen-bond donors (Lipinski definition) is 2. The highest BCUT2D eigenvalue weighted by Crippen LogP contribution is 2.43. The second kappa shape index (κ2) is 7.40. The van der Waals surface area contributed by atoms with Crippen molar-refractivity contribution < 1.29 is 19.3 Å². The lowest BCUT2D eigenvalue weighted by atomic mass is 9.81. The van der Waals surface area contributed by atoms with E-state index in [0.29, 0.717) is 17.2 Å². The topological polar surface area (TPSA) is 73.9 Å². The summed E-state index contributed by atoms with van der Waals surface area (Å²) in [5.74, 6) is 2.13. The van der Waals surface area contributed by atoms with Crippen molar-refractivity contribution in [2.45, 2.75) is 44.2 Å². The van der Waals surface area contributed by atoms with Crippen LogP contribution in [-0.2, 0) is 0 Å². The van der Waals surface area contributed by atoms with E-state index in [-0.39, 0.29) is 25.1 Å². The number of aliphatic hydroxyl groups excluding tert-OH is 1. The van der Waals surface area contributed by atoms with E-state index in [1.54, 1.807) is 7.11 Å². The van der Waals surface area contributed by atoms with Crippen LogP contribution in [0, 0.1) is 5.92 Å². The summed E-state index contributed by atoms with van der Waals surface area (Å²) in [5, 5.41) is 10.6. The predicted octanol–water partition coefficient (Wildman–Crippen LogP) is 2.79. The van der Waals surface area contributed by atoms with Gasteiger partial charge in [-0.15, -0.1) is 12.4 Å². The molecule has 0 saturated heterocycles. The predicted molar refractivity (Wildman–Crippen MR) is 85.9 cm³/mol. The van der Waals surface area contributed by atoms with Gasteiger partial charge in [0, 0.05) is 0 Å². The second-order valence-corrected chi connectivity index (χ2v) is 5.87. The summed E-state index contributed by atoms with van der Waals surface area (Å²) in [6, 6.07) is 3.25. The molecule has 1 aromatic carbocycles. The fourth-order valence-corrected chi connectivity index (χ4v) is 3.31. The Morgan fingerprint density at radius 2 is 1.95 bits per heavy atom. The van der Waals surface area contributed by atoms with Gasteiger partial charge >= 0.3 is 0 Å². The molecule has 1 saturated carbocycles. The first-order valence-electron chi connectivity index (χ1n) is 7.62. The maximum atomic E-state index is 10.6. The van der Waals surface area contributed by atoms with Gasteiger partial charge in [-0.25, -0.2) is 0 Å². The molecule has 2 atom stereocenters. The molecular formula is C16H24ClNO4. The Labute approximate surface area is 137 Å². The van der Waals surface area contributed by atoms with Crippen LogP contribution < -0.4 is 19.9 Å². The average Bonchev–Trinajstić information content (AvgIpc) is 3.01. The van der Waals surface area contributed by atoms with Crippen LogP contribution in [0.1, 0.15) is 43.7 Å². The number of rotatable bonds is 4. The lowest BCUT2D eigenvalue weighted by molar-refractivity contribution is 0.0617. The van der Waals surface area contributed by atoms with E-state index in [2.05, 4.69) is 0 Å². The summed E-state index contributed by atoms with van der Waals surface area (Å²) in [6.07, 6.45) is 5.19. The standard InChI is InChI=1S/C16H23NO4.ClH/c1-19-12-7-11(8-13-16(12)21-9-20-13)14(17)15(18)10-5-3-2-4-6-10;/h7-8,10,14-15,18H,2-6,9,17H2,1H3;1H/t14-,15+;/m0./s1. The van der Waals surface area contributed by atoms with Crippen molar-refractivity contribution in [2.75, 3.05) is 13.9 Å². The van der Waals surface area contributed by atoms with E-state index in [1.165, 1.54) is 19.3 Å². The van der Waals surface area contributed by atoms with Crippen LogP contribution in [0.5, 0.6) is 17.2 Å². The van der Waals surface area contributed by atoms with Gasteiger partial charge in [-0.05, 0) is 36.5 Å². The van der Waals surface area contributed by atoms with Crippen molar-refractivity contribution in [3.63, 3.8) is 0 Å². The molecule has 1 fully saturated rings. The maximum Gasteiger partial charge on any atom is 0.231 e. The van der Waals surface area contributed by atoms with E-state index in [1.807, 2.05) is 12.1 Å². The van der Waals surface area contributed by atoms with Crippen LogP contribution in [0.4, 0.5) is 0 Å². The third-order valence-electron chi connectivity index (χ3n) is 4.57. The minimum atomic E-state index is -0.532. The molecule has 6 heteroatoms. The maximum absolute atomic E-state index is 10.6. The van der Waals surface area contributed by atoms with E-state index in [4.69, 9.17) is 19.9 Å². The van der Waals surface area contributed by atoms with E-state index in [0.717, 1.165) is 18.4 Å². The molecule has 0 aromatic heterocycles. The fourth-order valence-electron chi connectivity index (χ4n) is 3.31. The molecule has 0 radical (unpaired) electrons. The third-order valence-corrected chi connectivity index (χ3v) is 4.57. The van der Waals surface area contributed by atoms with Gasteiger partial charge < -0.3 is 25.1 Å². The summed E-state index contributed by atoms with van der Waals surface area (Å²) in [7, 11) is 1.59. The van der Waals surface area contributed by atoms with Crippen molar-refractivity contribution in [2.24, 2.45) is 11.7 Å². The Kier molecular flexibility index (Phi) is 5.78. The monoisotopic (exact) mass is 329 g/mol. The molecule has 0 bridgehead atoms. The number of hydrogen-bond acceptors (Lipinski definition) is 5. The summed E-state index contributed by atoms with van der Waals surface area (Å²) >= 11 is 0. The Balaban J connectivity index is 0.00000176. The number of ether oxygens (including phenoxy) is 3. The highest BCUT2D eigenvalue weighted by molar-refractivity contribution is 5.85. The summed E-state index contributed by atoms with van der Waals surface area (Å²) in [6.45, 7) is 0.190. The third kappa shape index (κ3) is 3.26. The molecule has 0 spiro atoms. The van der Waals surface area contributed by atoms with Crippen LogP contribution in [0.2, 0.25) is 0 Å². The van der Waals surface area contributed by atoms with E-state index >= 15 is 0 Å². The second-order valence-electron chi connectivity index (χ2n) is 5.87. The van der Waals surface area contributed by atoms with E-state index < -0.39 is 12.1 Å². The molecule has 22 heavy (non-hydrogen) atoms. The zero-order valence-corrected chi connectivity index (χ0v) is 13.6. The van der Waals surface area contributed by atoms with Crippen molar-refractivity contribution in [1.82, 2.24) is 0 Å². The van der Waals surface area contributed by atoms with Crippen molar-refractivity contribution in [1.29, 1.82) is 0 Å².